The summed E-state index contributed by atoms with van der Waals surface area (Å²) in [5, 5.41) is 0. The van der Waals surface area contributed by atoms with Crippen LogP contribution in [0, 0.1) is 0 Å². The van der Waals surface area contributed by atoms with Crippen LogP contribution in [0.1, 0.15) is 15.9 Å². The van der Waals surface area contributed by atoms with Crippen molar-refractivity contribution in [3.8, 4) is 5.82 Å². The van der Waals surface area contributed by atoms with Gasteiger partial charge in [-0.3, -0.25) is 14.8 Å². The molecule has 30 heavy (non-hydrogen) atoms. The van der Waals surface area contributed by atoms with Gasteiger partial charge in [-0.2, -0.15) is 0 Å². The smallest absolute Gasteiger partial charge is 0.333 e. The van der Waals surface area contributed by atoms with Crippen molar-refractivity contribution in [1.29, 1.82) is 0 Å². The molecule has 1 aliphatic rings. The maximum absolute atomic E-state index is 12.9. The number of imidazole rings is 1. The molecule has 9 nitrogen and oxygen atoms in total. The molecule has 0 radical (unpaired) electrons. The minimum absolute atomic E-state index is 0.0920. The van der Waals surface area contributed by atoms with Gasteiger partial charge in [-0.25, -0.2) is 19.3 Å². The van der Waals surface area contributed by atoms with E-state index in [9.17, 15) is 9.59 Å². The summed E-state index contributed by atoms with van der Waals surface area (Å²) in [7, 11) is 1.78. The van der Waals surface area contributed by atoms with Crippen LogP contribution in [0.3, 0.4) is 0 Å². The first-order valence-corrected chi connectivity index (χ1v) is 9.58. The van der Waals surface area contributed by atoms with Crippen molar-refractivity contribution < 1.29 is 4.79 Å². The molecule has 1 amide bonds. The molecule has 1 aliphatic heterocycles. The number of nitrogens with one attached hydrogen (secondary N) is 1. The van der Waals surface area contributed by atoms with E-state index in [1.54, 1.807) is 54.8 Å². The normalized spacial score (nSPS) is 14.1. The third kappa shape index (κ3) is 3.00. The Morgan fingerprint density at radius 3 is 2.77 bits per heavy atom. The number of nitrogens with zero attached hydrogens (tertiary/aromatic N) is 6. The highest BCUT2D eigenvalue weighted by molar-refractivity contribution is 5.99. The van der Waals surface area contributed by atoms with Crippen LogP contribution in [0.5, 0.6) is 0 Å². The first-order chi connectivity index (χ1) is 14.6. The number of carbonyl (C=O) groups is 1. The zero-order valence-corrected chi connectivity index (χ0v) is 16.3. The molecule has 5 rings (SSSR count). The number of hydrogen-bond donors (Lipinski definition) is 1. The molecule has 5 heterocycles. The summed E-state index contributed by atoms with van der Waals surface area (Å²) < 4.78 is 1.48. The molecule has 0 saturated carbocycles. The van der Waals surface area contributed by atoms with E-state index in [0.717, 1.165) is 5.56 Å². The van der Waals surface area contributed by atoms with E-state index in [0.29, 0.717) is 48.0 Å². The number of carbonyl (C=O) groups excluding carboxylic acids is 1. The average molecular weight is 401 g/mol. The quantitative estimate of drug-likeness (QED) is 0.560. The number of aromatic amines is 1. The van der Waals surface area contributed by atoms with E-state index >= 15 is 0 Å². The molecule has 0 fully saturated rings. The van der Waals surface area contributed by atoms with Crippen molar-refractivity contribution in [2.24, 2.45) is 0 Å². The lowest BCUT2D eigenvalue weighted by molar-refractivity contribution is 0.0804. The molecule has 0 bridgehead atoms. The van der Waals surface area contributed by atoms with Crippen LogP contribution in [0.4, 0.5) is 5.82 Å². The standard InChI is InChI=1S/C21H19N7O2/c1-26-10-11-27(13-14-4-2-8-22-12-14)19-15(20(26)29)6-7-17(24-19)28-16-5-3-9-23-18(16)25-21(28)30/h2-9,12H,10-11,13H2,1H3,(H,23,25,30). The van der Waals surface area contributed by atoms with Gasteiger partial charge in [-0.05, 0) is 35.9 Å². The molecular weight excluding hydrogens is 382 g/mol. The van der Waals surface area contributed by atoms with Gasteiger partial charge in [0.2, 0.25) is 0 Å². The highest BCUT2D eigenvalue weighted by atomic mass is 16.2. The Labute approximate surface area is 171 Å². The van der Waals surface area contributed by atoms with Gasteiger partial charge in [-0.1, -0.05) is 6.07 Å². The lowest BCUT2D eigenvalue weighted by Crippen LogP contribution is -2.31. The predicted octanol–water partition coefficient (Wildman–Crippen LogP) is 1.60. The summed E-state index contributed by atoms with van der Waals surface area (Å²) in [4.78, 5) is 45.1. The number of anilines is 1. The largest absolute Gasteiger partial charge is 0.350 e. The van der Waals surface area contributed by atoms with Gasteiger partial charge in [0.05, 0.1) is 11.1 Å². The third-order valence-corrected chi connectivity index (χ3v) is 5.22. The summed E-state index contributed by atoms with van der Waals surface area (Å²) in [5.41, 5.74) is 2.31. The van der Waals surface area contributed by atoms with E-state index in [2.05, 4.69) is 19.9 Å². The molecule has 0 aliphatic carbocycles. The molecular formula is C21H19N7O2. The minimum atomic E-state index is -0.327. The van der Waals surface area contributed by atoms with Crippen LogP contribution >= 0.6 is 0 Å². The second-order valence-electron chi connectivity index (χ2n) is 7.19. The molecule has 0 atom stereocenters. The van der Waals surface area contributed by atoms with Gasteiger partial charge in [0.25, 0.3) is 5.91 Å². The molecule has 4 aromatic heterocycles. The van der Waals surface area contributed by atoms with Gasteiger partial charge >= 0.3 is 5.69 Å². The van der Waals surface area contributed by atoms with E-state index in [4.69, 9.17) is 4.98 Å². The van der Waals surface area contributed by atoms with E-state index < -0.39 is 0 Å². The van der Waals surface area contributed by atoms with Crippen LogP contribution in [0.15, 0.2) is 59.8 Å². The highest BCUT2D eigenvalue weighted by Gasteiger charge is 2.27. The fourth-order valence-electron chi connectivity index (χ4n) is 3.69. The van der Waals surface area contributed by atoms with E-state index in [-0.39, 0.29) is 11.6 Å². The number of pyridine rings is 3. The third-order valence-electron chi connectivity index (χ3n) is 5.22. The number of amides is 1. The second-order valence-corrected chi connectivity index (χ2v) is 7.19. The fourth-order valence-corrected chi connectivity index (χ4v) is 3.69. The maximum atomic E-state index is 12.9. The lowest BCUT2D eigenvalue weighted by Gasteiger charge is -2.23. The SMILES string of the molecule is CN1CCN(Cc2cccnc2)c2nc(-n3c(=O)[nH]c4ncccc43)ccc2C1=O. The van der Waals surface area contributed by atoms with Gasteiger partial charge in [-0.15, -0.1) is 0 Å². The van der Waals surface area contributed by atoms with Gasteiger partial charge in [0.1, 0.15) is 11.6 Å². The zero-order valence-electron chi connectivity index (χ0n) is 16.3. The van der Waals surface area contributed by atoms with Crippen LogP contribution in [0.2, 0.25) is 0 Å². The van der Waals surface area contributed by atoms with Crippen molar-refractivity contribution in [2.75, 3.05) is 25.0 Å². The Morgan fingerprint density at radius 2 is 1.93 bits per heavy atom. The second kappa shape index (κ2) is 7.11. The van der Waals surface area contributed by atoms with Crippen molar-refractivity contribution in [1.82, 2.24) is 29.4 Å². The Bertz CT molecular complexity index is 1300. The fraction of sp³-hybridized carbons (Fsp3) is 0.190. The van der Waals surface area contributed by atoms with Crippen molar-refractivity contribution >= 4 is 22.9 Å². The summed E-state index contributed by atoms with van der Waals surface area (Å²) >= 11 is 0. The monoisotopic (exact) mass is 401 g/mol. The number of hydrogen-bond acceptors (Lipinski definition) is 6. The Balaban J connectivity index is 1.66. The van der Waals surface area contributed by atoms with Crippen LogP contribution < -0.4 is 10.6 Å². The Kier molecular flexibility index (Phi) is 4.27. The lowest BCUT2D eigenvalue weighted by atomic mass is 10.2. The number of aromatic nitrogens is 5. The van der Waals surface area contributed by atoms with Crippen LogP contribution in [-0.2, 0) is 6.54 Å². The molecule has 9 heteroatoms. The predicted molar refractivity (Wildman–Crippen MR) is 112 cm³/mol. The molecule has 1 N–H and O–H groups in total. The number of fused-ring (bicyclic) bond motifs is 2. The van der Waals surface area contributed by atoms with Crippen molar-refractivity contribution in [3.63, 3.8) is 0 Å². The van der Waals surface area contributed by atoms with Crippen molar-refractivity contribution in [2.45, 2.75) is 6.54 Å². The van der Waals surface area contributed by atoms with Crippen LogP contribution in [0.25, 0.3) is 17.0 Å². The summed E-state index contributed by atoms with van der Waals surface area (Å²) in [6, 6.07) is 10.9. The highest BCUT2D eigenvalue weighted by Crippen LogP contribution is 2.26. The first-order valence-electron chi connectivity index (χ1n) is 9.58. The Hall–Kier alpha value is -4.01. The van der Waals surface area contributed by atoms with Gasteiger partial charge in [0, 0.05) is 45.3 Å². The maximum Gasteiger partial charge on any atom is 0.333 e. The molecule has 0 spiro atoms. The molecule has 0 aromatic carbocycles. The first kappa shape index (κ1) is 18.0. The topological polar surface area (TPSA) is 100 Å². The van der Waals surface area contributed by atoms with Gasteiger partial charge in [0.15, 0.2) is 5.65 Å². The zero-order chi connectivity index (χ0) is 20.7. The van der Waals surface area contributed by atoms with Crippen LogP contribution in [-0.4, -0.2) is 55.4 Å². The number of H-pyrrole nitrogens is 1. The minimum Gasteiger partial charge on any atom is -0.350 e. The number of rotatable bonds is 3. The van der Waals surface area contributed by atoms with Gasteiger partial charge < -0.3 is 9.80 Å². The van der Waals surface area contributed by atoms with E-state index in [1.165, 1.54) is 4.57 Å². The molecule has 4 aromatic rings. The molecule has 0 saturated heterocycles. The average Bonchev–Trinajstić information content (AvgIpc) is 3.06. The molecule has 0 unspecified atom stereocenters. The Morgan fingerprint density at radius 1 is 1.07 bits per heavy atom. The van der Waals surface area contributed by atoms with Crippen molar-refractivity contribution in [3.05, 3.63) is 76.6 Å². The summed E-state index contributed by atoms with van der Waals surface area (Å²) in [5.74, 6) is 0.896. The summed E-state index contributed by atoms with van der Waals surface area (Å²) in [6.07, 6.45) is 5.15. The number of likely N-dealkylation sites (N-methyl/N-ethyl adjacent to an activating group) is 1. The van der Waals surface area contributed by atoms with E-state index in [1.807, 2.05) is 12.1 Å². The molecule has 150 valence electrons. The summed E-state index contributed by atoms with van der Waals surface area (Å²) in [6.45, 7) is 1.75.